The van der Waals surface area contributed by atoms with Crippen molar-refractivity contribution in [2.45, 2.75) is 18.3 Å². The van der Waals surface area contributed by atoms with Crippen molar-refractivity contribution in [2.24, 2.45) is 0 Å². The van der Waals surface area contributed by atoms with Crippen LogP contribution < -0.4 is 4.90 Å². The molecule has 1 aromatic rings. The number of rotatable bonds is 3. The third-order valence-electron chi connectivity index (χ3n) is 4.08. The molecule has 0 bridgehead atoms. The standard InChI is InChI=1S/C14H19Cl2N3O/c15-9-13-12(16)1-2-14(17-13)19-4-3-11(10-19)18-5-7-20-8-6-18/h1-2,11H,3-10H2. The Morgan fingerprint density at radius 3 is 2.80 bits per heavy atom. The van der Waals surface area contributed by atoms with E-state index in [2.05, 4.69) is 14.8 Å². The summed E-state index contributed by atoms with van der Waals surface area (Å²) >= 11 is 11.9. The molecular formula is C14H19Cl2N3O. The number of hydrogen-bond donors (Lipinski definition) is 0. The van der Waals surface area contributed by atoms with E-state index in [1.54, 1.807) is 0 Å². The molecule has 0 radical (unpaired) electrons. The van der Waals surface area contributed by atoms with E-state index in [9.17, 15) is 0 Å². The Labute approximate surface area is 129 Å². The Morgan fingerprint density at radius 2 is 2.05 bits per heavy atom. The van der Waals surface area contributed by atoms with Crippen molar-refractivity contribution in [2.75, 3.05) is 44.3 Å². The predicted molar refractivity (Wildman–Crippen MR) is 81.8 cm³/mol. The fourth-order valence-corrected chi connectivity index (χ4v) is 3.38. The summed E-state index contributed by atoms with van der Waals surface area (Å²) in [6.07, 6.45) is 1.18. The van der Waals surface area contributed by atoms with Gasteiger partial charge in [-0.3, -0.25) is 4.90 Å². The van der Waals surface area contributed by atoms with Gasteiger partial charge in [0.15, 0.2) is 0 Å². The van der Waals surface area contributed by atoms with Gasteiger partial charge in [0.05, 0.1) is 29.8 Å². The molecular weight excluding hydrogens is 297 g/mol. The van der Waals surface area contributed by atoms with Gasteiger partial charge in [-0.2, -0.15) is 0 Å². The minimum absolute atomic E-state index is 0.355. The SMILES string of the molecule is ClCc1nc(N2CCC(N3CCOCC3)C2)ccc1Cl. The number of ether oxygens (including phenoxy) is 1. The van der Waals surface area contributed by atoms with Gasteiger partial charge in [-0.05, 0) is 18.6 Å². The number of hydrogen-bond acceptors (Lipinski definition) is 4. The van der Waals surface area contributed by atoms with Crippen molar-refractivity contribution < 1.29 is 4.74 Å². The van der Waals surface area contributed by atoms with Crippen LogP contribution >= 0.6 is 23.2 Å². The van der Waals surface area contributed by atoms with Crippen molar-refractivity contribution in [1.29, 1.82) is 0 Å². The summed E-state index contributed by atoms with van der Waals surface area (Å²) in [6.45, 7) is 5.85. The lowest BCUT2D eigenvalue weighted by Gasteiger charge is -2.32. The number of nitrogens with zero attached hydrogens (tertiary/aromatic N) is 3. The molecule has 1 aromatic heterocycles. The average molecular weight is 316 g/mol. The first-order chi connectivity index (χ1) is 9.78. The smallest absolute Gasteiger partial charge is 0.129 e. The summed E-state index contributed by atoms with van der Waals surface area (Å²) in [7, 11) is 0. The van der Waals surface area contributed by atoms with E-state index in [-0.39, 0.29) is 0 Å². The minimum Gasteiger partial charge on any atom is -0.379 e. The number of pyridine rings is 1. The maximum atomic E-state index is 6.07. The second-order valence-corrected chi connectivity index (χ2v) is 5.94. The third kappa shape index (κ3) is 3.03. The number of alkyl halides is 1. The van der Waals surface area contributed by atoms with Gasteiger partial charge in [0.25, 0.3) is 0 Å². The summed E-state index contributed by atoms with van der Waals surface area (Å²) in [6, 6.07) is 4.49. The molecule has 0 amide bonds. The van der Waals surface area contributed by atoms with E-state index in [0.29, 0.717) is 16.9 Å². The van der Waals surface area contributed by atoms with Crippen LogP contribution in [0.4, 0.5) is 5.82 Å². The van der Waals surface area contributed by atoms with Gasteiger partial charge in [0, 0.05) is 32.2 Å². The zero-order chi connectivity index (χ0) is 13.9. The molecule has 0 aliphatic carbocycles. The minimum atomic E-state index is 0.355. The molecule has 2 saturated heterocycles. The van der Waals surface area contributed by atoms with E-state index in [0.717, 1.165) is 50.9 Å². The molecule has 2 aliphatic heterocycles. The van der Waals surface area contributed by atoms with Crippen LogP contribution in [-0.4, -0.2) is 55.3 Å². The normalized spacial score (nSPS) is 24.3. The first-order valence-corrected chi connectivity index (χ1v) is 7.97. The molecule has 110 valence electrons. The van der Waals surface area contributed by atoms with E-state index in [1.165, 1.54) is 6.42 Å². The van der Waals surface area contributed by atoms with Crippen LogP contribution in [0.5, 0.6) is 0 Å². The highest BCUT2D eigenvalue weighted by Gasteiger charge is 2.29. The van der Waals surface area contributed by atoms with Crippen molar-refractivity contribution in [3.63, 3.8) is 0 Å². The maximum absolute atomic E-state index is 6.07. The van der Waals surface area contributed by atoms with Crippen molar-refractivity contribution in [1.82, 2.24) is 9.88 Å². The maximum Gasteiger partial charge on any atom is 0.129 e. The van der Waals surface area contributed by atoms with Crippen LogP contribution in [0.15, 0.2) is 12.1 Å². The molecule has 3 heterocycles. The quantitative estimate of drug-likeness (QED) is 0.801. The Balaban J connectivity index is 1.67. The Hall–Kier alpha value is -0.550. The van der Waals surface area contributed by atoms with Crippen molar-refractivity contribution in [3.05, 3.63) is 22.8 Å². The molecule has 1 atom stereocenters. The van der Waals surface area contributed by atoms with Gasteiger partial charge in [-0.1, -0.05) is 11.6 Å². The molecule has 1 unspecified atom stereocenters. The number of morpholine rings is 1. The highest BCUT2D eigenvalue weighted by molar-refractivity contribution is 6.32. The summed E-state index contributed by atoms with van der Waals surface area (Å²) in [5, 5.41) is 0.646. The second kappa shape index (κ2) is 6.48. The largest absolute Gasteiger partial charge is 0.379 e. The summed E-state index contributed by atoms with van der Waals surface area (Å²) in [4.78, 5) is 9.43. The number of anilines is 1. The lowest BCUT2D eigenvalue weighted by molar-refractivity contribution is 0.0209. The molecule has 4 nitrogen and oxygen atoms in total. The lowest BCUT2D eigenvalue weighted by Crippen LogP contribution is -2.44. The van der Waals surface area contributed by atoms with Gasteiger partial charge in [-0.25, -0.2) is 4.98 Å². The van der Waals surface area contributed by atoms with Crippen molar-refractivity contribution in [3.8, 4) is 0 Å². The third-order valence-corrected chi connectivity index (χ3v) is 4.68. The molecule has 6 heteroatoms. The number of aromatic nitrogens is 1. The fourth-order valence-electron chi connectivity index (χ4n) is 2.93. The average Bonchev–Trinajstić information content (AvgIpc) is 2.98. The zero-order valence-electron chi connectivity index (χ0n) is 11.4. The van der Waals surface area contributed by atoms with Crippen LogP contribution in [0.25, 0.3) is 0 Å². The second-order valence-electron chi connectivity index (χ2n) is 5.27. The fraction of sp³-hybridized carbons (Fsp3) is 0.643. The molecule has 2 fully saturated rings. The monoisotopic (exact) mass is 315 g/mol. The van der Waals surface area contributed by atoms with Gasteiger partial charge < -0.3 is 9.64 Å². The molecule has 2 aliphatic rings. The van der Waals surface area contributed by atoms with Crippen LogP contribution in [0.2, 0.25) is 5.02 Å². The Bertz CT molecular complexity index is 466. The van der Waals surface area contributed by atoms with Gasteiger partial charge >= 0.3 is 0 Å². The van der Waals surface area contributed by atoms with Crippen LogP contribution in [0.3, 0.4) is 0 Å². The van der Waals surface area contributed by atoms with E-state index in [4.69, 9.17) is 27.9 Å². The molecule has 3 rings (SSSR count). The van der Waals surface area contributed by atoms with Crippen molar-refractivity contribution >= 4 is 29.0 Å². The Morgan fingerprint density at radius 1 is 1.25 bits per heavy atom. The highest BCUT2D eigenvalue weighted by atomic mass is 35.5. The number of halogens is 2. The molecule has 0 spiro atoms. The van der Waals surface area contributed by atoms with Gasteiger partial charge in [0.2, 0.25) is 0 Å². The molecule has 20 heavy (non-hydrogen) atoms. The first-order valence-electron chi connectivity index (χ1n) is 7.06. The zero-order valence-corrected chi connectivity index (χ0v) is 12.9. The summed E-state index contributed by atoms with van der Waals surface area (Å²) in [5.41, 5.74) is 0.764. The van der Waals surface area contributed by atoms with Gasteiger partial charge in [0.1, 0.15) is 5.82 Å². The van der Waals surface area contributed by atoms with Crippen LogP contribution in [-0.2, 0) is 10.6 Å². The summed E-state index contributed by atoms with van der Waals surface area (Å²) < 4.78 is 5.42. The van der Waals surface area contributed by atoms with E-state index >= 15 is 0 Å². The Kier molecular flexibility index (Phi) is 4.66. The van der Waals surface area contributed by atoms with Crippen LogP contribution in [0.1, 0.15) is 12.1 Å². The first kappa shape index (κ1) is 14.4. The van der Waals surface area contributed by atoms with Crippen LogP contribution in [0, 0.1) is 0 Å². The van der Waals surface area contributed by atoms with Gasteiger partial charge in [-0.15, -0.1) is 11.6 Å². The highest BCUT2D eigenvalue weighted by Crippen LogP contribution is 2.25. The lowest BCUT2D eigenvalue weighted by atomic mass is 10.2. The predicted octanol–water partition coefficient (Wildman–Crippen LogP) is 2.38. The molecule has 0 aromatic carbocycles. The topological polar surface area (TPSA) is 28.6 Å². The van der Waals surface area contributed by atoms with E-state index < -0.39 is 0 Å². The van der Waals surface area contributed by atoms with E-state index in [1.807, 2.05) is 12.1 Å². The molecule has 0 saturated carbocycles. The molecule has 0 N–H and O–H groups in total. The summed E-state index contributed by atoms with van der Waals surface area (Å²) in [5.74, 6) is 1.34.